The highest BCUT2D eigenvalue weighted by molar-refractivity contribution is 5.77. The lowest BCUT2D eigenvalue weighted by molar-refractivity contribution is -0.122. The molecule has 0 spiro atoms. The average Bonchev–Trinajstić information content (AvgIpc) is 2.33. The summed E-state index contributed by atoms with van der Waals surface area (Å²) in [5.74, 6) is -1.00. The second-order valence-corrected chi connectivity index (χ2v) is 4.06. The van der Waals surface area contributed by atoms with Crippen molar-refractivity contribution < 1.29 is 9.18 Å². The van der Waals surface area contributed by atoms with E-state index in [4.69, 9.17) is 11.5 Å². The number of carbonyl (C=O) groups is 1. The van der Waals surface area contributed by atoms with Gasteiger partial charge in [0.15, 0.2) is 11.6 Å². The predicted molar refractivity (Wildman–Crippen MR) is 60.5 cm³/mol. The smallest absolute Gasteiger partial charge is 0.220 e. The Bertz CT molecular complexity index is 431. The number of amides is 1. The van der Waals surface area contributed by atoms with Gasteiger partial charge in [-0.2, -0.15) is 4.39 Å². The summed E-state index contributed by atoms with van der Waals surface area (Å²) in [6, 6.07) is 0. The van der Waals surface area contributed by atoms with E-state index in [2.05, 4.69) is 9.97 Å². The summed E-state index contributed by atoms with van der Waals surface area (Å²) in [5, 5.41) is 0. The molecule has 17 heavy (non-hydrogen) atoms. The normalized spacial score (nSPS) is 17.1. The minimum Gasteiger partial charge on any atom is -0.381 e. The van der Waals surface area contributed by atoms with Crippen LogP contribution in [0.5, 0.6) is 0 Å². The van der Waals surface area contributed by atoms with E-state index in [9.17, 15) is 9.18 Å². The molecule has 1 amide bonds. The standard InChI is InChI=1S/C10H14FN5O/c11-7-8(12)14-5-15-10(7)16-3-1-6(2-4-16)9(13)17/h5-6H,1-4H2,(H2,13,17)(H2,12,14,15). The molecule has 0 aromatic carbocycles. The first-order chi connectivity index (χ1) is 8.09. The molecule has 6 nitrogen and oxygen atoms in total. The molecule has 2 rings (SSSR count). The molecule has 4 N–H and O–H groups in total. The average molecular weight is 239 g/mol. The molecule has 1 saturated heterocycles. The lowest BCUT2D eigenvalue weighted by Gasteiger charge is -2.31. The SMILES string of the molecule is NC(=O)C1CCN(c2ncnc(N)c2F)CC1. The highest BCUT2D eigenvalue weighted by Gasteiger charge is 2.25. The van der Waals surface area contributed by atoms with Gasteiger partial charge in [0.05, 0.1) is 0 Å². The number of nitrogen functional groups attached to an aromatic ring is 1. The zero-order valence-electron chi connectivity index (χ0n) is 9.27. The van der Waals surface area contributed by atoms with Gasteiger partial charge in [-0.3, -0.25) is 4.79 Å². The maximum absolute atomic E-state index is 13.7. The van der Waals surface area contributed by atoms with E-state index < -0.39 is 5.82 Å². The van der Waals surface area contributed by atoms with Crippen molar-refractivity contribution in [1.82, 2.24) is 9.97 Å². The van der Waals surface area contributed by atoms with Crippen LogP contribution in [0.1, 0.15) is 12.8 Å². The number of nitrogens with zero attached hydrogens (tertiary/aromatic N) is 3. The third-order valence-electron chi connectivity index (χ3n) is 2.99. The van der Waals surface area contributed by atoms with E-state index in [1.165, 1.54) is 6.33 Å². The van der Waals surface area contributed by atoms with Crippen molar-refractivity contribution >= 4 is 17.5 Å². The van der Waals surface area contributed by atoms with Gasteiger partial charge in [0, 0.05) is 19.0 Å². The number of hydrogen-bond donors (Lipinski definition) is 2. The molecule has 2 heterocycles. The quantitative estimate of drug-likeness (QED) is 0.751. The minimum absolute atomic E-state index is 0.131. The summed E-state index contributed by atoms with van der Waals surface area (Å²) in [6.07, 6.45) is 2.45. The van der Waals surface area contributed by atoms with Gasteiger partial charge >= 0.3 is 0 Å². The van der Waals surface area contributed by atoms with Crippen LogP contribution in [0.15, 0.2) is 6.33 Å². The number of carbonyl (C=O) groups excluding carboxylic acids is 1. The Morgan fingerprint density at radius 2 is 2.06 bits per heavy atom. The molecule has 0 bridgehead atoms. The first kappa shape index (κ1) is 11.6. The summed E-state index contributed by atoms with van der Waals surface area (Å²) < 4.78 is 13.7. The number of hydrogen-bond acceptors (Lipinski definition) is 5. The molecule has 92 valence electrons. The van der Waals surface area contributed by atoms with Crippen LogP contribution >= 0.6 is 0 Å². The lowest BCUT2D eigenvalue weighted by Crippen LogP contribution is -2.39. The number of primary amides is 1. The van der Waals surface area contributed by atoms with Gasteiger partial charge in [-0.05, 0) is 12.8 Å². The van der Waals surface area contributed by atoms with Gasteiger partial charge in [-0.25, -0.2) is 9.97 Å². The molecule has 0 unspecified atom stereocenters. The first-order valence-corrected chi connectivity index (χ1v) is 5.40. The predicted octanol–water partition coefficient (Wildman–Crippen LogP) is -0.100. The van der Waals surface area contributed by atoms with Crippen LogP contribution in [-0.2, 0) is 4.79 Å². The Balaban J connectivity index is 2.10. The lowest BCUT2D eigenvalue weighted by atomic mass is 9.96. The number of anilines is 2. The van der Waals surface area contributed by atoms with Crippen LogP contribution < -0.4 is 16.4 Å². The molecule has 1 fully saturated rings. The van der Waals surface area contributed by atoms with Crippen molar-refractivity contribution in [2.24, 2.45) is 11.7 Å². The van der Waals surface area contributed by atoms with Crippen molar-refractivity contribution in [2.75, 3.05) is 23.7 Å². The maximum Gasteiger partial charge on any atom is 0.220 e. The van der Waals surface area contributed by atoms with Crippen LogP contribution in [0.2, 0.25) is 0 Å². The molecule has 0 radical (unpaired) electrons. The summed E-state index contributed by atoms with van der Waals surface area (Å²) in [4.78, 5) is 20.2. The van der Waals surface area contributed by atoms with E-state index >= 15 is 0 Å². The highest BCUT2D eigenvalue weighted by atomic mass is 19.1. The summed E-state index contributed by atoms with van der Waals surface area (Å²) in [5.41, 5.74) is 10.6. The number of halogens is 1. The van der Waals surface area contributed by atoms with Gasteiger partial charge in [0.1, 0.15) is 6.33 Å². The van der Waals surface area contributed by atoms with Crippen LogP contribution in [0.4, 0.5) is 16.0 Å². The zero-order valence-corrected chi connectivity index (χ0v) is 9.27. The second kappa shape index (κ2) is 4.52. The van der Waals surface area contributed by atoms with Crippen molar-refractivity contribution in [3.05, 3.63) is 12.1 Å². The van der Waals surface area contributed by atoms with Crippen LogP contribution in [0.25, 0.3) is 0 Å². The Morgan fingerprint density at radius 1 is 1.41 bits per heavy atom. The Kier molecular flexibility index (Phi) is 3.08. The fourth-order valence-electron chi connectivity index (χ4n) is 1.97. The fourth-order valence-corrected chi connectivity index (χ4v) is 1.97. The van der Waals surface area contributed by atoms with E-state index in [0.29, 0.717) is 25.9 Å². The number of nitrogens with two attached hydrogens (primary N) is 2. The summed E-state index contributed by atoms with van der Waals surface area (Å²) >= 11 is 0. The van der Waals surface area contributed by atoms with E-state index in [1.54, 1.807) is 4.90 Å². The van der Waals surface area contributed by atoms with Gasteiger partial charge < -0.3 is 16.4 Å². The molecule has 0 atom stereocenters. The Morgan fingerprint density at radius 3 is 2.65 bits per heavy atom. The first-order valence-electron chi connectivity index (χ1n) is 5.40. The van der Waals surface area contributed by atoms with Crippen molar-refractivity contribution in [1.29, 1.82) is 0 Å². The molecular weight excluding hydrogens is 225 g/mol. The van der Waals surface area contributed by atoms with Crippen molar-refractivity contribution in [2.45, 2.75) is 12.8 Å². The largest absolute Gasteiger partial charge is 0.381 e. The highest BCUT2D eigenvalue weighted by Crippen LogP contribution is 2.24. The monoisotopic (exact) mass is 239 g/mol. The molecular formula is C10H14FN5O. The molecule has 1 aromatic heterocycles. The van der Waals surface area contributed by atoms with Crippen molar-refractivity contribution in [3.63, 3.8) is 0 Å². The van der Waals surface area contributed by atoms with E-state index in [1.807, 2.05) is 0 Å². The minimum atomic E-state index is -0.606. The van der Waals surface area contributed by atoms with E-state index in [0.717, 1.165) is 0 Å². The Hall–Kier alpha value is -1.92. The maximum atomic E-state index is 13.7. The molecule has 1 aliphatic rings. The van der Waals surface area contributed by atoms with Gasteiger partial charge in [0.2, 0.25) is 11.7 Å². The van der Waals surface area contributed by atoms with Gasteiger partial charge in [-0.1, -0.05) is 0 Å². The number of rotatable bonds is 2. The molecule has 1 aliphatic heterocycles. The Labute approximate surface area is 97.8 Å². The third kappa shape index (κ3) is 2.27. The molecule has 0 aliphatic carbocycles. The molecule has 7 heteroatoms. The summed E-state index contributed by atoms with van der Waals surface area (Å²) in [6.45, 7) is 1.09. The van der Waals surface area contributed by atoms with Crippen molar-refractivity contribution in [3.8, 4) is 0 Å². The van der Waals surface area contributed by atoms with Gasteiger partial charge in [0.25, 0.3) is 0 Å². The molecule has 1 aromatic rings. The fraction of sp³-hybridized carbons (Fsp3) is 0.500. The number of aromatic nitrogens is 2. The van der Waals surface area contributed by atoms with E-state index in [-0.39, 0.29) is 23.5 Å². The van der Waals surface area contributed by atoms with Gasteiger partial charge in [-0.15, -0.1) is 0 Å². The zero-order chi connectivity index (χ0) is 12.4. The second-order valence-electron chi connectivity index (χ2n) is 4.06. The topological polar surface area (TPSA) is 98.1 Å². The molecule has 0 saturated carbocycles. The summed E-state index contributed by atoms with van der Waals surface area (Å²) in [7, 11) is 0. The number of piperidine rings is 1. The van der Waals surface area contributed by atoms with Crippen LogP contribution in [-0.4, -0.2) is 29.0 Å². The van der Waals surface area contributed by atoms with Crippen LogP contribution in [0.3, 0.4) is 0 Å². The van der Waals surface area contributed by atoms with Crippen LogP contribution in [0, 0.1) is 11.7 Å². The third-order valence-corrected chi connectivity index (χ3v) is 2.99.